The second kappa shape index (κ2) is 11.8. The molecule has 1 aliphatic rings. The number of hydrogen-bond acceptors (Lipinski definition) is 2. The van der Waals surface area contributed by atoms with Crippen LogP contribution in [-0.4, -0.2) is 50.1 Å². The topological polar surface area (TPSA) is 39.7 Å². The van der Waals surface area contributed by atoms with Crippen LogP contribution in [0.15, 0.2) is 4.99 Å². The van der Waals surface area contributed by atoms with Gasteiger partial charge in [0, 0.05) is 26.2 Å². The van der Waals surface area contributed by atoms with Gasteiger partial charge in [-0.2, -0.15) is 0 Å². The molecule has 5 heteroatoms. The summed E-state index contributed by atoms with van der Waals surface area (Å²) in [5.74, 6) is 1.88. The lowest BCUT2D eigenvalue weighted by atomic mass is 9.99. The average Bonchev–Trinajstić information content (AvgIpc) is 2.38. The van der Waals surface area contributed by atoms with Gasteiger partial charge in [0.05, 0.1) is 0 Å². The number of halogens is 1. The van der Waals surface area contributed by atoms with E-state index >= 15 is 0 Å². The molecule has 0 bridgehead atoms. The third-order valence-electron chi connectivity index (χ3n) is 3.43. The van der Waals surface area contributed by atoms with Crippen molar-refractivity contribution in [3.05, 3.63) is 0 Å². The van der Waals surface area contributed by atoms with Crippen molar-refractivity contribution in [1.82, 2.24) is 15.5 Å². The van der Waals surface area contributed by atoms with E-state index in [1.165, 1.54) is 25.9 Å². The monoisotopic (exact) mass is 382 g/mol. The minimum Gasteiger partial charge on any atom is -0.357 e. The molecule has 1 aliphatic heterocycles. The second-order valence-electron chi connectivity index (χ2n) is 5.21. The van der Waals surface area contributed by atoms with Crippen molar-refractivity contribution in [3.8, 4) is 0 Å². The Bertz CT molecular complexity index is 238. The quantitative estimate of drug-likeness (QED) is 0.421. The Balaban J connectivity index is 0.00000324. The average molecular weight is 382 g/mol. The molecule has 0 atom stereocenters. The highest BCUT2D eigenvalue weighted by Crippen LogP contribution is 2.14. The highest BCUT2D eigenvalue weighted by molar-refractivity contribution is 14.0. The van der Waals surface area contributed by atoms with Crippen molar-refractivity contribution in [1.29, 1.82) is 0 Å². The van der Waals surface area contributed by atoms with Crippen molar-refractivity contribution in [3.63, 3.8) is 0 Å². The van der Waals surface area contributed by atoms with E-state index in [-0.39, 0.29) is 24.0 Å². The van der Waals surface area contributed by atoms with Gasteiger partial charge in [-0.25, -0.2) is 0 Å². The van der Waals surface area contributed by atoms with Crippen LogP contribution in [0.25, 0.3) is 0 Å². The van der Waals surface area contributed by atoms with Crippen molar-refractivity contribution in [2.45, 2.75) is 40.0 Å². The maximum atomic E-state index is 4.50. The molecule has 1 saturated heterocycles. The standard InChI is InChI=1S/C14H30N4.HI/c1-4-8-16-14(15-5-2)17-9-12-18-10-6-13(3)7-11-18;/h13H,4-12H2,1-3H3,(H2,15,16,17);1H. The van der Waals surface area contributed by atoms with Crippen molar-refractivity contribution < 1.29 is 0 Å². The summed E-state index contributed by atoms with van der Waals surface area (Å²) in [7, 11) is 0. The lowest BCUT2D eigenvalue weighted by molar-refractivity contribution is 0.195. The molecule has 1 rings (SSSR count). The zero-order chi connectivity index (χ0) is 13.2. The molecule has 4 nitrogen and oxygen atoms in total. The summed E-state index contributed by atoms with van der Waals surface area (Å²) in [5.41, 5.74) is 0. The maximum absolute atomic E-state index is 4.50. The number of likely N-dealkylation sites (tertiary alicyclic amines) is 1. The third kappa shape index (κ3) is 8.68. The summed E-state index contributed by atoms with van der Waals surface area (Å²) in [5, 5.41) is 6.69. The molecule has 19 heavy (non-hydrogen) atoms. The first-order valence-electron chi connectivity index (χ1n) is 7.50. The molecule has 0 unspecified atom stereocenters. The van der Waals surface area contributed by atoms with E-state index in [0.717, 1.165) is 44.5 Å². The molecule has 2 N–H and O–H groups in total. The Kier molecular flexibility index (Phi) is 11.7. The molecule has 1 heterocycles. The first kappa shape index (κ1) is 19.0. The summed E-state index contributed by atoms with van der Waals surface area (Å²) >= 11 is 0. The second-order valence-corrected chi connectivity index (χ2v) is 5.21. The molecule has 0 aromatic heterocycles. The number of piperidine rings is 1. The number of guanidine groups is 1. The van der Waals surface area contributed by atoms with Gasteiger partial charge in [-0.1, -0.05) is 13.8 Å². The van der Waals surface area contributed by atoms with Crippen LogP contribution in [0.2, 0.25) is 0 Å². The smallest absolute Gasteiger partial charge is 0.191 e. The largest absolute Gasteiger partial charge is 0.357 e. The van der Waals surface area contributed by atoms with Crippen molar-refractivity contribution in [2.75, 3.05) is 39.3 Å². The Hall–Kier alpha value is -0.0400. The minimum atomic E-state index is 0. The number of rotatable bonds is 6. The van der Waals surface area contributed by atoms with Gasteiger partial charge in [0.1, 0.15) is 0 Å². The molecule has 0 aromatic carbocycles. The zero-order valence-corrected chi connectivity index (χ0v) is 15.1. The first-order valence-corrected chi connectivity index (χ1v) is 7.50. The van der Waals surface area contributed by atoms with Crippen LogP contribution in [-0.2, 0) is 0 Å². The lowest BCUT2D eigenvalue weighted by Gasteiger charge is -2.30. The van der Waals surface area contributed by atoms with E-state index in [0.29, 0.717) is 0 Å². The Morgan fingerprint density at radius 3 is 2.47 bits per heavy atom. The van der Waals surface area contributed by atoms with Gasteiger partial charge in [0.25, 0.3) is 0 Å². The highest BCUT2D eigenvalue weighted by atomic mass is 127. The van der Waals surface area contributed by atoms with Crippen LogP contribution >= 0.6 is 24.0 Å². The van der Waals surface area contributed by atoms with Gasteiger partial charge >= 0.3 is 0 Å². The minimum absolute atomic E-state index is 0. The van der Waals surface area contributed by atoms with E-state index in [4.69, 9.17) is 0 Å². The van der Waals surface area contributed by atoms with E-state index < -0.39 is 0 Å². The Labute approximate surface area is 135 Å². The van der Waals surface area contributed by atoms with Crippen LogP contribution in [0.5, 0.6) is 0 Å². The van der Waals surface area contributed by atoms with Gasteiger partial charge in [-0.3, -0.25) is 4.99 Å². The summed E-state index contributed by atoms with van der Waals surface area (Å²) in [6.07, 6.45) is 3.80. The number of hydrogen-bond donors (Lipinski definition) is 2. The number of aliphatic imine (C=N–C) groups is 1. The molecule has 0 amide bonds. The van der Waals surface area contributed by atoms with E-state index in [9.17, 15) is 0 Å². The van der Waals surface area contributed by atoms with Gasteiger partial charge < -0.3 is 15.5 Å². The molecule has 0 spiro atoms. The highest BCUT2D eigenvalue weighted by Gasteiger charge is 2.14. The number of nitrogens with zero attached hydrogens (tertiary/aromatic N) is 2. The van der Waals surface area contributed by atoms with Gasteiger partial charge in [0.2, 0.25) is 0 Å². The Morgan fingerprint density at radius 2 is 1.89 bits per heavy atom. The van der Waals surface area contributed by atoms with E-state index in [1.807, 2.05) is 0 Å². The van der Waals surface area contributed by atoms with Crippen LogP contribution in [0.3, 0.4) is 0 Å². The summed E-state index contributed by atoms with van der Waals surface area (Å²) in [6, 6.07) is 0. The molecular weight excluding hydrogens is 351 g/mol. The predicted molar refractivity (Wildman–Crippen MR) is 94.5 cm³/mol. The number of nitrogens with one attached hydrogen (secondary N) is 2. The molecule has 1 fully saturated rings. The fraction of sp³-hybridized carbons (Fsp3) is 0.929. The van der Waals surface area contributed by atoms with Crippen molar-refractivity contribution in [2.24, 2.45) is 10.9 Å². The normalized spacial score (nSPS) is 17.9. The van der Waals surface area contributed by atoms with Crippen LogP contribution in [0, 0.1) is 5.92 Å². The van der Waals surface area contributed by atoms with Gasteiger partial charge in [-0.15, -0.1) is 24.0 Å². The first-order chi connectivity index (χ1) is 8.76. The lowest BCUT2D eigenvalue weighted by Crippen LogP contribution is -2.43. The molecule has 114 valence electrons. The summed E-state index contributed by atoms with van der Waals surface area (Å²) in [4.78, 5) is 7.05. The molecule has 0 aromatic rings. The molecular formula is C14H31IN4. The van der Waals surface area contributed by atoms with Gasteiger partial charge in [0.15, 0.2) is 5.96 Å². The van der Waals surface area contributed by atoms with E-state index in [2.05, 4.69) is 41.3 Å². The van der Waals surface area contributed by atoms with Crippen LogP contribution < -0.4 is 10.6 Å². The predicted octanol–water partition coefficient (Wildman–Crippen LogP) is 2.30. The van der Waals surface area contributed by atoms with Crippen LogP contribution in [0.1, 0.15) is 40.0 Å². The van der Waals surface area contributed by atoms with Gasteiger partial charge in [-0.05, 0) is 45.2 Å². The molecule has 0 aliphatic carbocycles. The van der Waals surface area contributed by atoms with Crippen molar-refractivity contribution >= 4 is 29.9 Å². The SMILES string of the molecule is CCCN=C(NCC)NCCN1CCC(C)CC1.I. The fourth-order valence-electron chi connectivity index (χ4n) is 2.18. The molecule has 0 saturated carbocycles. The molecule has 0 radical (unpaired) electrons. The maximum Gasteiger partial charge on any atom is 0.191 e. The Morgan fingerprint density at radius 1 is 1.21 bits per heavy atom. The zero-order valence-electron chi connectivity index (χ0n) is 12.7. The van der Waals surface area contributed by atoms with E-state index in [1.54, 1.807) is 0 Å². The summed E-state index contributed by atoms with van der Waals surface area (Å²) in [6.45, 7) is 13.1. The van der Waals surface area contributed by atoms with Crippen LogP contribution in [0.4, 0.5) is 0 Å². The third-order valence-corrected chi connectivity index (χ3v) is 3.43. The summed E-state index contributed by atoms with van der Waals surface area (Å²) < 4.78 is 0. The fourth-order valence-corrected chi connectivity index (χ4v) is 2.18.